The molecule has 27 heavy (non-hydrogen) atoms. The topological polar surface area (TPSA) is 103 Å². The zero-order valence-electron chi connectivity index (χ0n) is 14.9. The molecule has 0 fully saturated rings. The fourth-order valence-electron chi connectivity index (χ4n) is 3.21. The summed E-state index contributed by atoms with van der Waals surface area (Å²) in [6, 6.07) is 11.4. The molecule has 140 valence electrons. The molecule has 4 rings (SSSR count). The van der Waals surface area contributed by atoms with E-state index in [1.54, 1.807) is 11.3 Å². The maximum Gasteiger partial charge on any atom is 0.241 e. The first-order valence-electron chi connectivity index (χ1n) is 8.88. The van der Waals surface area contributed by atoms with E-state index in [1.807, 2.05) is 43.3 Å². The third-order valence-electron chi connectivity index (χ3n) is 4.55. The predicted molar refractivity (Wildman–Crippen MR) is 104 cm³/mol. The molecule has 0 saturated carbocycles. The number of aromatic amines is 1. The molecule has 0 aliphatic carbocycles. The Kier molecular flexibility index (Phi) is 5.02. The second kappa shape index (κ2) is 7.59. The maximum absolute atomic E-state index is 12.5. The highest BCUT2D eigenvalue weighted by Gasteiger charge is 2.27. The molecule has 0 spiro atoms. The molecule has 0 bridgehead atoms. The highest BCUT2D eigenvalue weighted by atomic mass is 32.1. The minimum Gasteiger partial charge on any atom is -0.371 e. The SMILES string of the molecule is Cc1cc2c(s1)CCC(NC(O)c1nnc(Cc3ccccc3)[nH]1)C(=O)N2. The molecule has 3 aromatic rings. The number of nitrogens with one attached hydrogen (secondary N) is 3. The number of hydrogen-bond acceptors (Lipinski definition) is 6. The molecular formula is C19H21N5O2S. The molecule has 1 aliphatic heterocycles. The van der Waals surface area contributed by atoms with Gasteiger partial charge in [0, 0.05) is 16.2 Å². The summed E-state index contributed by atoms with van der Waals surface area (Å²) >= 11 is 1.69. The summed E-state index contributed by atoms with van der Waals surface area (Å²) in [6.07, 6.45) is 0.910. The molecule has 3 heterocycles. The molecule has 7 nitrogen and oxygen atoms in total. The lowest BCUT2D eigenvalue weighted by molar-refractivity contribution is -0.119. The van der Waals surface area contributed by atoms with Crippen molar-refractivity contribution in [1.29, 1.82) is 0 Å². The van der Waals surface area contributed by atoms with E-state index in [-0.39, 0.29) is 5.91 Å². The van der Waals surface area contributed by atoms with Gasteiger partial charge in [0.1, 0.15) is 5.82 Å². The third-order valence-corrected chi connectivity index (χ3v) is 5.66. The Balaban J connectivity index is 1.40. The standard InChI is InChI=1S/C19H21N5O2S/c1-11-9-14-15(27-11)8-7-13(18(25)21-14)20-19(26)17-22-16(23-24-17)10-12-5-3-2-4-6-12/h2-6,9,13,19-20,26H,7-8,10H2,1H3,(H,21,25)(H,22,23,24). The molecule has 1 aliphatic rings. The quantitative estimate of drug-likeness (QED) is 0.506. The van der Waals surface area contributed by atoms with Crippen molar-refractivity contribution < 1.29 is 9.90 Å². The first-order valence-corrected chi connectivity index (χ1v) is 9.70. The number of nitrogens with zero attached hydrogens (tertiary/aromatic N) is 2. The van der Waals surface area contributed by atoms with Crippen LogP contribution in [-0.2, 0) is 17.6 Å². The van der Waals surface area contributed by atoms with E-state index in [0.717, 1.165) is 17.7 Å². The number of aromatic nitrogens is 3. The van der Waals surface area contributed by atoms with Crippen LogP contribution in [0, 0.1) is 6.92 Å². The van der Waals surface area contributed by atoms with Crippen LogP contribution in [0.4, 0.5) is 5.69 Å². The predicted octanol–water partition coefficient (Wildman–Crippen LogP) is 2.30. The summed E-state index contributed by atoms with van der Waals surface area (Å²) in [4.78, 5) is 17.9. The molecule has 2 atom stereocenters. The lowest BCUT2D eigenvalue weighted by Gasteiger charge is -2.18. The third kappa shape index (κ3) is 4.08. The minimum atomic E-state index is -1.09. The number of aliphatic hydroxyl groups excluding tert-OH is 1. The Morgan fingerprint density at radius 2 is 2.15 bits per heavy atom. The van der Waals surface area contributed by atoms with Gasteiger partial charge in [0.05, 0.1) is 11.7 Å². The average Bonchev–Trinajstić information content (AvgIpc) is 3.22. The first-order chi connectivity index (χ1) is 13.1. The minimum absolute atomic E-state index is 0.144. The van der Waals surface area contributed by atoms with Gasteiger partial charge < -0.3 is 15.4 Å². The van der Waals surface area contributed by atoms with Gasteiger partial charge in [0.15, 0.2) is 12.1 Å². The Morgan fingerprint density at radius 1 is 1.33 bits per heavy atom. The Labute approximate surface area is 160 Å². The maximum atomic E-state index is 12.5. The van der Waals surface area contributed by atoms with E-state index in [0.29, 0.717) is 24.5 Å². The fraction of sp³-hybridized carbons (Fsp3) is 0.316. The summed E-state index contributed by atoms with van der Waals surface area (Å²) < 4.78 is 0. The van der Waals surface area contributed by atoms with Gasteiger partial charge >= 0.3 is 0 Å². The summed E-state index contributed by atoms with van der Waals surface area (Å²) in [7, 11) is 0. The Bertz CT molecular complexity index is 937. The summed E-state index contributed by atoms with van der Waals surface area (Å²) in [5.74, 6) is 0.832. The largest absolute Gasteiger partial charge is 0.371 e. The number of H-pyrrole nitrogens is 1. The number of benzene rings is 1. The van der Waals surface area contributed by atoms with Crippen molar-refractivity contribution in [3.05, 3.63) is 63.4 Å². The van der Waals surface area contributed by atoms with Gasteiger partial charge in [0.2, 0.25) is 5.91 Å². The molecule has 1 amide bonds. The normalized spacial score (nSPS) is 17.9. The van der Waals surface area contributed by atoms with Gasteiger partial charge in [-0.05, 0) is 31.4 Å². The fourth-order valence-corrected chi connectivity index (χ4v) is 4.22. The van der Waals surface area contributed by atoms with E-state index < -0.39 is 12.3 Å². The number of aryl methyl sites for hydroxylation is 2. The van der Waals surface area contributed by atoms with Crippen molar-refractivity contribution >= 4 is 22.9 Å². The van der Waals surface area contributed by atoms with Crippen LogP contribution in [0.2, 0.25) is 0 Å². The van der Waals surface area contributed by atoms with Crippen LogP contribution in [0.15, 0.2) is 36.4 Å². The van der Waals surface area contributed by atoms with E-state index in [2.05, 4.69) is 25.8 Å². The zero-order valence-corrected chi connectivity index (χ0v) is 15.7. The van der Waals surface area contributed by atoms with Crippen molar-refractivity contribution in [3.63, 3.8) is 0 Å². The van der Waals surface area contributed by atoms with Crippen molar-refractivity contribution in [1.82, 2.24) is 20.5 Å². The monoisotopic (exact) mass is 383 g/mol. The van der Waals surface area contributed by atoms with Crippen molar-refractivity contribution in [2.24, 2.45) is 0 Å². The second-order valence-electron chi connectivity index (χ2n) is 6.66. The van der Waals surface area contributed by atoms with Gasteiger partial charge in [-0.3, -0.25) is 10.1 Å². The Hall–Kier alpha value is -2.55. The number of fused-ring (bicyclic) bond motifs is 1. The number of aliphatic hydroxyl groups is 1. The summed E-state index contributed by atoms with van der Waals surface area (Å²) in [5, 5.41) is 24.5. The van der Waals surface area contributed by atoms with Crippen molar-refractivity contribution in [2.45, 2.75) is 38.5 Å². The van der Waals surface area contributed by atoms with Gasteiger partial charge in [0.25, 0.3) is 0 Å². The highest BCUT2D eigenvalue weighted by Crippen LogP contribution is 2.30. The van der Waals surface area contributed by atoms with Crippen LogP contribution in [0.3, 0.4) is 0 Å². The Morgan fingerprint density at radius 3 is 2.96 bits per heavy atom. The number of carbonyl (C=O) groups excluding carboxylic acids is 1. The van der Waals surface area contributed by atoms with Crippen LogP contribution in [0.1, 0.15) is 39.6 Å². The lowest BCUT2D eigenvalue weighted by Crippen LogP contribution is -2.42. The number of amides is 1. The number of hydrogen-bond donors (Lipinski definition) is 4. The van der Waals surface area contributed by atoms with Crippen LogP contribution in [0.5, 0.6) is 0 Å². The molecule has 0 saturated heterocycles. The molecule has 2 unspecified atom stereocenters. The van der Waals surface area contributed by atoms with Crippen molar-refractivity contribution in [3.8, 4) is 0 Å². The molecule has 8 heteroatoms. The zero-order chi connectivity index (χ0) is 18.8. The smallest absolute Gasteiger partial charge is 0.241 e. The van der Waals surface area contributed by atoms with Gasteiger partial charge in [-0.15, -0.1) is 21.5 Å². The molecule has 1 aromatic carbocycles. The number of anilines is 1. The molecule has 2 aromatic heterocycles. The molecular weight excluding hydrogens is 362 g/mol. The van der Waals surface area contributed by atoms with Gasteiger partial charge in [-0.1, -0.05) is 30.3 Å². The van der Waals surface area contributed by atoms with Crippen LogP contribution in [0.25, 0.3) is 0 Å². The van der Waals surface area contributed by atoms with Crippen LogP contribution < -0.4 is 10.6 Å². The van der Waals surface area contributed by atoms with Crippen LogP contribution in [-0.4, -0.2) is 32.2 Å². The van der Waals surface area contributed by atoms with Gasteiger partial charge in [-0.25, -0.2) is 0 Å². The van der Waals surface area contributed by atoms with E-state index in [4.69, 9.17) is 0 Å². The summed E-state index contributed by atoms with van der Waals surface area (Å²) in [5.41, 5.74) is 1.98. The van der Waals surface area contributed by atoms with E-state index in [1.165, 1.54) is 9.75 Å². The second-order valence-corrected chi connectivity index (χ2v) is 8.00. The lowest BCUT2D eigenvalue weighted by atomic mass is 10.1. The first kappa shape index (κ1) is 17.8. The van der Waals surface area contributed by atoms with Crippen LogP contribution >= 0.6 is 11.3 Å². The highest BCUT2D eigenvalue weighted by molar-refractivity contribution is 7.12. The van der Waals surface area contributed by atoms with Crippen molar-refractivity contribution in [2.75, 3.05) is 5.32 Å². The number of rotatable bonds is 5. The van der Waals surface area contributed by atoms with Gasteiger partial charge in [-0.2, -0.15) is 0 Å². The summed E-state index contributed by atoms with van der Waals surface area (Å²) in [6.45, 7) is 2.03. The molecule has 0 radical (unpaired) electrons. The average molecular weight is 383 g/mol. The number of thiophene rings is 1. The molecule has 4 N–H and O–H groups in total. The van der Waals surface area contributed by atoms with E-state index >= 15 is 0 Å². The van der Waals surface area contributed by atoms with E-state index in [9.17, 15) is 9.90 Å². The number of carbonyl (C=O) groups is 1.